The third kappa shape index (κ3) is 4.04. The highest BCUT2D eigenvalue weighted by Gasteiger charge is 2.38. The monoisotopic (exact) mass is 189 g/mol. The van der Waals surface area contributed by atoms with Crippen molar-refractivity contribution in [3.8, 4) is 0 Å². The lowest BCUT2D eigenvalue weighted by atomic mass is 10.1. The Kier molecular flexibility index (Phi) is 4.66. The molecule has 4 nitrogen and oxygen atoms in total. The second-order valence-electron chi connectivity index (χ2n) is 3.31. The number of likely N-dealkylation sites (N-methyl/N-ethyl adjacent to an activating group) is 1. The van der Waals surface area contributed by atoms with Crippen LogP contribution in [-0.2, 0) is 9.47 Å². The zero-order valence-corrected chi connectivity index (χ0v) is 8.32. The van der Waals surface area contributed by atoms with Crippen LogP contribution in [0.5, 0.6) is 0 Å². The molecule has 1 fully saturated rings. The molecule has 1 heterocycles. The van der Waals surface area contributed by atoms with Crippen molar-refractivity contribution in [2.45, 2.75) is 38.3 Å². The van der Waals surface area contributed by atoms with Crippen LogP contribution in [0.25, 0.3) is 0 Å². The van der Waals surface area contributed by atoms with Gasteiger partial charge in [0.2, 0.25) is 0 Å². The van der Waals surface area contributed by atoms with Gasteiger partial charge in [-0.25, -0.2) is 0 Å². The number of rotatable bonds is 7. The summed E-state index contributed by atoms with van der Waals surface area (Å²) in [4.78, 5) is 0. The third-order valence-corrected chi connectivity index (χ3v) is 2.21. The van der Waals surface area contributed by atoms with Crippen LogP contribution in [0.15, 0.2) is 0 Å². The summed E-state index contributed by atoms with van der Waals surface area (Å²) in [5.74, 6) is 0. The quantitative estimate of drug-likeness (QED) is 0.441. The van der Waals surface area contributed by atoms with Crippen molar-refractivity contribution in [1.82, 2.24) is 5.32 Å². The largest absolute Gasteiger partial charge is 0.377 e. The van der Waals surface area contributed by atoms with Gasteiger partial charge in [-0.15, -0.1) is 0 Å². The summed E-state index contributed by atoms with van der Waals surface area (Å²) in [6.45, 7) is 3.67. The van der Waals surface area contributed by atoms with Crippen molar-refractivity contribution < 1.29 is 14.6 Å². The summed E-state index contributed by atoms with van der Waals surface area (Å²) in [6, 6.07) is 0. The van der Waals surface area contributed by atoms with Gasteiger partial charge in [-0.3, -0.25) is 0 Å². The maximum absolute atomic E-state index is 8.95. The molecule has 3 atom stereocenters. The first-order valence-corrected chi connectivity index (χ1v) is 4.87. The number of epoxide rings is 1. The SMILES string of the molecule is CC[C@@H](CC1OC1O)OCCNC. The molecule has 1 saturated heterocycles. The molecule has 0 aromatic rings. The molecule has 78 valence electrons. The molecule has 2 N–H and O–H groups in total. The summed E-state index contributed by atoms with van der Waals surface area (Å²) < 4.78 is 10.5. The van der Waals surface area contributed by atoms with Crippen LogP contribution >= 0.6 is 0 Å². The van der Waals surface area contributed by atoms with E-state index in [1.54, 1.807) is 0 Å². The van der Waals surface area contributed by atoms with Crippen molar-refractivity contribution in [2.24, 2.45) is 0 Å². The summed E-state index contributed by atoms with van der Waals surface area (Å²) in [7, 11) is 1.90. The van der Waals surface area contributed by atoms with E-state index in [-0.39, 0.29) is 12.2 Å². The Balaban J connectivity index is 2.04. The molecule has 0 aromatic heterocycles. The molecule has 0 amide bonds. The highest BCUT2D eigenvalue weighted by Crippen LogP contribution is 2.25. The maximum Gasteiger partial charge on any atom is 0.181 e. The average molecular weight is 189 g/mol. The van der Waals surface area contributed by atoms with E-state index in [9.17, 15) is 0 Å². The van der Waals surface area contributed by atoms with E-state index in [1.807, 2.05) is 7.05 Å². The van der Waals surface area contributed by atoms with Gasteiger partial charge >= 0.3 is 0 Å². The molecule has 0 bridgehead atoms. The van der Waals surface area contributed by atoms with E-state index >= 15 is 0 Å². The molecular weight excluding hydrogens is 170 g/mol. The standard InChI is InChI=1S/C9H19NO3/c1-3-7(12-5-4-10-2)6-8-9(11)13-8/h7-11H,3-6H2,1-2H3/t7-,8?,9?/m0/s1. The van der Waals surface area contributed by atoms with Crippen molar-refractivity contribution in [3.05, 3.63) is 0 Å². The lowest BCUT2D eigenvalue weighted by Crippen LogP contribution is -2.21. The number of aliphatic hydroxyl groups is 1. The van der Waals surface area contributed by atoms with Gasteiger partial charge in [0.05, 0.1) is 12.7 Å². The predicted molar refractivity (Wildman–Crippen MR) is 49.5 cm³/mol. The fourth-order valence-corrected chi connectivity index (χ4v) is 1.25. The van der Waals surface area contributed by atoms with E-state index in [1.165, 1.54) is 0 Å². The van der Waals surface area contributed by atoms with Crippen LogP contribution in [-0.4, -0.2) is 43.8 Å². The Morgan fingerprint density at radius 3 is 2.77 bits per heavy atom. The van der Waals surface area contributed by atoms with Gasteiger partial charge in [0.1, 0.15) is 6.10 Å². The molecule has 13 heavy (non-hydrogen) atoms. The van der Waals surface area contributed by atoms with Gasteiger partial charge in [-0.05, 0) is 13.5 Å². The Bertz CT molecular complexity index is 143. The fourth-order valence-electron chi connectivity index (χ4n) is 1.25. The summed E-state index contributed by atoms with van der Waals surface area (Å²) >= 11 is 0. The van der Waals surface area contributed by atoms with Crippen LogP contribution in [0.1, 0.15) is 19.8 Å². The molecule has 1 aliphatic heterocycles. The minimum atomic E-state index is -0.540. The van der Waals surface area contributed by atoms with Gasteiger partial charge < -0.3 is 19.9 Å². The number of aliphatic hydroxyl groups excluding tert-OH is 1. The first kappa shape index (κ1) is 10.9. The van der Waals surface area contributed by atoms with Gasteiger partial charge in [0.15, 0.2) is 6.29 Å². The molecular formula is C9H19NO3. The van der Waals surface area contributed by atoms with Gasteiger partial charge in [-0.1, -0.05) is 6.92 Å². The van der Waals surface area contributed by atoms with Crippen LogP contribution in [0, 0.1) is 0 Å². The van der Waals surface area contributed by atoms with Gasteiger partial charge in [0.25, 0.3) is 0 Å². The van der Waals surface area contributed by atoms with Gasteiger partial charge in [0, 0.05) is 13.0 Å². The predicted octanol–water partition coefficient (Wildman–Crippen LogP) is 0.108. The summed E-state index contributed by atoms with van der Waals surface area (Å²) in [6.07, 6.45) is 1.47. The zero-order chi connectivity index (χ0) is 9.68. The topological polar surface area (TPSA) is 54.0 Å². The Labute approximate surface area is 79.2 Å². The van der Waals surface area contributed by atoms with Crippen LogP contribution < -0.4 is 5.32 Å². The van der Waals surface area contributed by atoms with Crippen molar-refractivity contribution >= 4 is 0 Å². The molecule has 1 rings (SSSR count). The van der Waals surface area contributed by atoms with E-state index in [2.05, 4.69) is 12.2 Å². The number of ether oxygens (including phenoxy) is 2. The number of nitrogens with one attached hydrogen (secondary N) is 1. The van der Waals surface area contributed by atoms with Crippen LogP contribution in [0.3, 0.4) is 0 Å². The Hall–Kier alpha value is -0.160. The van der Waals surface area contributed by atoms with Crippen LogP contribution in [0.4, 0.5) is 0 Å². The van der Waals surface area contributed by atoms with E-state index in [4.69, 9.17) is 14.6 Å². The Morgan fingerprint density at radius 2 is 2.31 bits per heavy atom. The highest BCUT2D eigenvalue weighted by molar-refractivity contribution is 4.78. The molecule has 0 aliphatic carbocycles. The molecule has 2 unspecified atom stereocenters. The Morgan fingerprint density at radius 1 is 1.62 bits per heavy atom. The fraction of sp³-hybridized carbons (Fsp3) is 1.00. The highest BCUT2D eigenvalue weighted by atomic mass is 16.7. The molecule has 0 aromatic carbocycles. The van der Waals surface area contributed by atoms with E-state index in [0.29, 0.717) is 0 Å². The molecule has 1 aliphatic rings. The molecule has 0 spiro atoms. The minimum Gasteiger partial charge on any atom is -0.377 e. The number of hydrogen-bond donors (Lipinski definition) is 2. The van der Waals surface area contributed by atoms with Gasteiger partial charge in [-0.2, -0.15) is 0 Å². The minimum absolute atomic E-state index is 0.0135. The second kappa shape index (κ2) is 5.54. The van der Waals surface area contributed by atoms with E-state index in [0.717, 1.165) is 26.0 Å². The first-order valence-electron chi connectivity index (χ1n) is 4.87. The number of hydrogen-bond acceptors (Lipinski definition) is 4. The van der Waals surface area contributed by atoms with Crippen molar-refractivity contribution in [2.75, 3.05) is 20.2 Å². The molecule has 0 saturated carbocycles. The lowest BCUT2D eigenvalue weighted by Gasteiger charge is -2.14. The second-order valence-corrected chi connectivity index (χ2v) is 3.31. The summed E-state index contributed by atoms with van der Waals surface area (Å²) in [5, 5.41) is 12.0. The smallest absolute Gasteiger partial charge is 0.181 e. The van der Waals surface area contributed by atoms with Crippen molar-refractivity contribution in [1.29, 1.82) is 0 Å². The molecule has 0 radical (unpaired) electrons. The average Bonchev–Trinajstić information content (AvgIpc) is 2.80. The zero-order valence-electron chi connectivity index (χ0n) is 8.32. The normalized spacial score (nSPS) is 28.8. The van der Waals surface area contributed by atoms with Crippen molar-refractivity contribution in [3.63, 3.8) is 0 Å². The van der Waals surface area contributed by atoms with E-state index < -0.39 is 6.29 Å². The molecule has 4 heteroatoms. The lowest BCUT2D eigenvalue weighted by molar-refractivity contribution is 0.0424. The maximum atomic E-state index is 8.95. The summed E-state index contributed by atoms with van der Waals surface area (Å²) in [5.41, 5.74) is 0. The first-order chi connectivity index (χ1) is 6.27. The van der Waals surface area contributed by atoms with Crippen LogP contribution in [0.2, 0.25) is 0 Å². The third-order valence-electron chi connectivity index (χ3n) is 2.21.